The monoisotopic (exact) mass is 471 g/mol. The molecule has 1 unspecified atom stereocenters. The molecule has 1 aromatic heterocycles. The molecule has 1 atom stereocenters. The van der Waals surface area contributed by atoms with Crippen molar-refractivity contribution < 1.29 is 14.3 Å². The molecule has 0 fully saturated rings. The zero-order chi connectivity index (χ0) is 23.9. The van der Waals surface area contributed by atoms with E-state index in [4.69, 9.17) is 9.15 Å². The summed E-state index contributed by atoms with van der Waals surface area (Å²) in [5.74, 6) is 3.96. The molecule has 33 heavy (non-hydrogen) atoms. The Bertz CT molecular complexity index is 885. The number of phenols is 1. The maximum absolute atomic E-state index is 9.30. The largest absolute Gasteiger partial charge is 0.508 e. The molecular weight excluding hydrogens is 434 g/mol. The smallest absolute Gasteiger partial charge is 0.247 e. The van der Waals surface area contributed by atoms with E-state index in [1.807, 2.05) is 30.3 Å². The lowest BCUT2D eigenvalue weighted by atomic mass is 10.2. The molecule has 0 aliphatic carbocycles. The number of hydrogen-bond acceptors (Lipinski definition) is 7. The fraction of sp³-hybridized carbons (Fsp3) is 0.462. The molecule has 2 N–H and O–H groups in total. The molecule has 0 aliphatic heterocycles. The Labute approximate surface area is 202 Å². The maximum Gasteiger partial charge on any atom is 0.247 e. The Balaban J connectivity index is 0.000000414. The molecule has 0 saturated carbocycles. The number of rotatable bonds is 12. The van der Waals surface area contributed by atoms with Crippen LogP contribution in [0, 0.1) is 0 Å². The summed E-state index contributed by atoms with van der Waals surface area (Å²) in [6, 6.07) is 17.9. The zero-order valence-corrected chi connectivity index (χ0v) is 21.0. The molecular formula is C26H37N3O3S. The van der Waals surface area contributed by atoms with Crippen LogP contribution in [-0.4, -0.2) is 39.7 Å². The lowest BCUT2D eigenvalue weighted by Gasteiger charge is -2.13. The van der Waals surface area contributed by atoms with E-state index in [1.54, 1.807) is 36.0 Å². The van der Waals surface area contributed by atoms with Crippen LogP contribution in [0.15, 0.2) is 59.0 Å². The fourth-order valence-corrected chi connectivity index (χ4v) is 3.74. The number of unbranched alkanes of at least 4 members (excludes halogenated alkanes) is 1. The van der Waals surface area contributed by atoms with Gasteiger partial charge in [0.2, 0.25) is 11.8 Å². The first-order valence-corrected chi connectivity index (χ1v) is 12.8. The first kappa shape index (κ1) is 26.7. The first-order chi connectivity index (χ1) is 16.0. The van der Waals surface area contributed by atoms with Gasteiger partial charge < -0.3 is 19.6 Å². The van der Waals surface area contributed by atoms with Crippen LogP contribution >= 0.6 is 11.8 Å². The fourth-order valence-electron chi connectivity index (χ4n) is 2.89. The van der Waals surface area contributed by atoms with Gasteiger partial charge in [0.15, 0.2) is 0 Å². The first-order valence-electron chi connectivity index (χ1n) is 11.6. The summed E-state index contributed by atoms with van der Waals surface area (Å²) < 4.78 is 11.3. The molecule has 0 spiro atoms. The zero-order valence-electron chi connectivity index (χ0n) is 20.2. The quantitative estimate of drug-likeness (QED) is 0.299. The number of aromatic hydroxyl groups is 1. The van der Waals surface area contributed by atoms with Gasteiger partial charge in [-0.25, -0.2) is 0 Å². The molecule has 3 rings (SSSR count). The van der Waals surface area contributed by atoms with Gasteiger partial charge in [-0.05, 0) is 68.3 Å². The summed E-state index contributed by atoms with van der Waals surface area (Å²) in [5, 5.41) is 20.8. The van der Waals surface area contributed by atoms with Crippen molar-refractivity contribution in [2.24, 2.45) is 0 Å². The van der Waals surface area contributed by atoms with Crippen molar-refractivity contribution in [2.45, 2.75) is 64.8 Å². The standard InChI is InChI=1S/C19H20N2O3S.C7H17N/c22-16-10-8-15(9-11-16)19-21-20-18(24-19)14-25-13-5-4-12-23-17-6-2-1-3-7-17;1-5-7(4)8-6(2)3/h1-3,6-11,22H,4-5,12-14H2;6-8H,5H2,1-4H3. The third-order valence-electron chi connectivity index (χ3n) is 4.73. The van der Waals surface area contributed by atoms with Crippen molar-refractivity contribution in [3.8, 4) is 23.0 Å². The van der Waals surface area contributed by atoms with Gasteiger partial charge in [0, 0.05) is 17.6 Å². The molecule has 6 nitrogen and oxygen atoms in total. The normalized spacial score (nSPS) is 11.7. The van der Waals surface area contributed by atoms with Gasteiger partial charge in [0.25, 0.3) is 0 Å². The molecule has 1 heterocycles. The molecule has 7 heteroatoms. The van der Waals surface area contributed by atoms with Crippen molar-refractivity contribution >= 4 is 11.8 Å². The summed E-state index contributed by atoms with van der Waals surface area (Å²) >= 11 is 1.77. The van der Waals surface area contributed by atoms with E-state index < -0.39 is 0 Å². The van der Waals surface area contributed by atoms with Crippen LogP contribution in [0.5, 0.6) is 11.5 Å². The van der Waals surface area contributed by atoms with Crippen LogP contribution in [0.4, 0.5) is 0 Å². The van der Waals surface area contributed by atoms with Crippen LogP contribution in [0.3, 0.4) is 0 Å². The summed E-state index contributed by atoms with van der Waals surface area (Å²) in [6.45, 7) is 9.48. The van der Waals surface area contributed by atoms with E-state index in [0.29, 0.717) is 29.6 Å². The van der Waals surface area contributed by atoms with Crippen molar-refractivity contribution in [1.82, 2.24) is 15.5 Å². The molecule has 180 valence electrons. The summed E-state index contributed by atoms with van der Waals surface area (Å²) in [6.07, 6.45) is 3.32. The average Bonchev–Trinajstić information content (AvgIpc) is 3.28. The highest BCUT2D eigenvalue weighted by molar-refractivity contribution is 7.98. The lowest BCUT2D eigenvalue weighted by Crippen LogP contribution is -2.31. The predicted molar refractivity (Wildman–Crippen MR) is 137 cm³/mol. The Morgan fingerprint density at radius 1 is 1.00 bits per heavy atom. The SMILES string of the molecule is CCC(C)NC(C)C.Oc1ccc(-c2nnc(CSCCCCOc3ccccc3)o2)cc1. The topological polar surface area (TPSA) is 80.4 Å². The number of benzene rings is 2. The van der Waals surface area contributed by atoms with Gasteiger partial charge in [0.1, 0.15) is 11.5 Å². The molecule has 0 radical (unpaired) electrons. The number of nitrogens with one attached hydrogen (secondary N) is 1. The second-order valence-corrected chi connectivity index (χ2v) is 9.20. The molecule has 2 aromatic carbocycles. The van der Waals surface area contributed by atoms with E-state index in [2.05, 4.69) is 43.2 Å². The summed E-state index contributed by atoms with van der Waals surface area (Å²) in [5.41, 5.74) is 0.805. The molecule has 0 aliphatic rings. The van der Waals surface area contributed by atoms with Gasteiger partial charge in [-0.2, -0.15) is 11.8 Å². The molecule has 0 saturated heterocycles. The Hall–Kier alpha value is -2.51. The van der Waals surface area contributed by atoms with Crippen LogP contribution in [-0.2, 0) is 5.75 Å². The Morgan fingerprint density at radius 3 is 2.36 bits per heavy atom. The highest BCUT2D eigenvalue weighted by atomic mass is 32.2. The van der Waals surface area contributed by atoms with E-state index in [9.17, 15) is 5.11 Å². The van der Waals surface area contributed by atoms with Gasteiger partial charge >= 0.3 is 0 Å². The highest BCUT2D eigenvalue weighted by Gasteiger charge is 2.08. The van der Waals surface area contributed by atoms with Gasteiger partial charge in [-0.3, -0.25) is 0 Å². The maximum atomic E-state index is 9.30. The third kappa shape index (κ3) is 11.3. The number of para-hydroxylation sites is 1. The molecule has 0 amide bonds. The predicted octanol–water partition coefficient (Wildman–Crippen LogP) is 6.32. The Kier molecular flexibility index (Phi) is 12.4. The van der Waals surface area contributed by atoms with E-state index in [0.717, 1.165) is 36.5 Å². The number of phenolic OH excluding ortho intramolecular Hbond substituents is 1. The minimum Gasteiger partial charge on any atom is -0.508 e. The van der Waals surface area contributed by atoms with E-state index in [1.165, 1.54) is 6.42 Å². The summed E-state index contributed by atoms with van der Waals surface area (Å²) in [7, 11) is 0. The second-order valence-electron chi connectivity index (χ2n) is 8.10. The highest BCUT2D eigenvalue weighted by Crippen LogP contribution is 2.22. The minimum atomic E-state index is 0.218. The van der Waals surface area contributed by atoms with Crippen LogP contribution in [0.2, 0.25) is 0 Å². The number of hydrogen-bond donors (Lipinski definition) is 2. The van der Waals surface area contributed by atoms with Crippen LogP contribution in [0.25, 0.3) is 11.5 Å². The van der Waals surface area contributed by atoms with Crippen LogP contribution < -0.4 is 10.1 Å². The number of thioether (sulfide) groups is 1. The van der Waals surface area contributed by atoms with Crippen molar-refractivity contribution in [3.05, 3.63) is 60.5 Å². The van der Waals surface area contributed by atoms with Crippen molar-refractivity contribution in [3.63, 3.8) is 0 Å². The number of aromatic nitrogens is 2. The summed E-state index contributed by atoms with van der Waals surface area (Å²) in [4.78, 5) is 0. The van der Waals surface area contributed by atoms with E-state index in [-0.39, 0.29) is 5.75 Å². The van der Waals surface area contributed by atoms with Crippen LogP contribution in [0.1, 0.15) is 52.8 Å². The number of nitrogens with zero attached hydrogens (tertiary/aromatic N) is 2. The van der Waals surface area contributed by atoms with Gasteiger partial charge in [-0.15, -0.1) is 10.2 Å². The third-order valence-corrected chi connectivity index (χ3v) is 5.76. The second kappa shape index (κ2) is 15.3. The van der Waals surface area contributed by atoms with Gasteiger partial charge in [0.05, 0.1) is 12.4 Å². The molecule has 0 bridgehead atoms. The average molecular weight is 472 g/mol. The molecule has 3 aromatic rings. The van der Waals surface area contributed by atoms with Gasteiger partial charge in [-0.1, -0.05) is 39.0 Å². The van der Waals surface area contributed by atoms with Crippen molar-refractivity contribution in [2.75, 3.05) is 12.4 Å². The minimum absolute atomic E-state index is 0.218. The van der Waals surface area contributed by atoms with E-state index >= 15 is 0 Å². The number of ether oxygens (including phenoxy) is 1. The Morgan fingerprint density at radius 2 is 1.73 bits per heavy atom. The lowest BCUT2D eigenvalue weighted by molar-refractivity contribution is 0.310. The van der Waals surface area contributed by atoms with Crippen molar-refractivity contribution in [1.29, 1.82) is 0 Å².